The molecule has 0 unspecified atom stereocenters. The van der Waals surface area contributed by atoms with Crippen LogP contribution in [0.25, 0.3) is 10.9 Å². The summed E-state index contributed by atoms with van der Waals surface area (Å²) in [5.74, 6) is 6.18. The number of hydrogen-bond donors (Lipinski definition) is 2. The summed E-state index contributed by atoms with van der Waals surface area (Å²) in [6, 6.07) is 12.5. The molecule has 3 fully saturated rings. The Morgan fingerprint density at radius 1 is 1.04 bits per heavy atom. The maximum Gasteiger partial charge on any atom is 0.406 e. The number of likely N-dealkylation sites (tertiary alicyclic amines) is 1. The average molecular weight is 659 g/mol. The number of ether oxygens (including phenoxy) is 2. The van der Waals surface area contributed by atoms with E-state index in [2.05, 4.69) is 27.4 Å². The van der Waals surface area contributed by atoms with E-state index in [1.807, 2.05) is 6.07 Å². The van der Waals surface area contributed by atoms with Crippen LogP contribution in [0.2, 0.25) is 0 Å². The molecule has 8 nitrogen and oxygen atoms in total. The van der Waals surface area contributed by atoms with Crippen LogP contribution in [-0.2, 0) is 21.1 Å². The molecular formula is C34H41F3N4O4S. The lowest BCUT2D eigenvalue weighted by Gasteiger charge is -2.56. The molecule has 1 aliphatic carbocycles. The van der Waals surface area contributed by atoms with E-state index in [9.17, 15) is 21.6 Å². The fraction of sp³-hybridized carbons (Fsp3) is 0.529. The lowest BCUT2D eigenvalue weighted by molar-refractivity contribution is -0.140. The van der Waals surface area contributed by atoms with E-state index in [0.717, 1.165) is 63.7 Å². The van der Waals surface area contributed by atoms with Gasteiger partial charge in [0.15, 0.2) is 9.84 Å². The van der Waals surface area contributed by atoms with E-state index >= 15 is 0 Å². The highest BCUT2D eigenvalue weighted by Crippen LogP contribution is 2.43. The quantitative estimate of drug-likeness (QED) is 0.291. The highest BCUT2D eigenvalue weighted by Gasteiger charge is 2.46. The molecule has 12 heteroatoms. The molecule has 2 saturated heterocycles. The number of nitrogens with zero attached hydrogens (tertiary/aromatic N) is 2. The number of halogens is 3. The molecule has 46 heavy (non-hydrogen) atoms. The molecule has 1 saturated carbocycles. The summed E-state index contributed by atoms with van der Waals surface area (Å²) >= 11 is 0. The van der Waals surface area contributed by atoms with Gasteiger partial charge >= 0.3 is 6.18 Å². The average Bonchev–Trinajstić information content (AvgIpc) is 3.35. The third-order valence-electron chi connectivity index (χ3n) is 9.67. The van der Waals surface area contributed by atoms with Crippen LogP contribution < -0.4 is 15.4 Å². The molecule has 2 aromatic carbocycles. The van der Waals surface area contributed by atoms with Crippen molar-refractivity contribution in [2.24, 2.45) is 5.41 Å². The van der Waals surface area contributed by atoms with Gasteiger partial charge in [0, 0.05) is 67.2 Å². The van der Waals surface area contributed by atoms with Crippen molar-refractivity contribution < 1.29 is 31.1 Å². The Labute approximate surface area is 268 Å². The summed E-state index contributed by atoms with van der Waals surface area (Å²) < 4.78 is 77.0. The predicted molar refractivity (Wildman–Crippen MR) is 173 cm³/mol. The molecule has 6 rings (SSSR count). The van der Waals surface area contributed by atoms with Crippen molar-refractivity contribution in [2.75, 3.05) is 56.8 Å². The van der Waals surface area contributed by atoms with Crippen molar-refractivity contribution in [3.8, 4) is 17.6 Å². The molecule has 2 aliphatic heterocycles. The molecule has 0 radical (unpaired) electrons. The third-order valence-corrected chi connectivity index (χ3v) is 10.8. The maximum atomic E-state index is 13.7. The van der Waals surface area contributed by atoms with Crippen molar-refractivity contribution in [1.29, 1.82) is 0 Å². The summed E-state index contributed by atoms with van der Waals surface area (Å²) in [6.07, 6.45) is 3.28. The molecule has 2 N–H and O–H groups in total. The molecule has 0 amide bonds. The van der Waals surface area contributed by atoms with Crippen LogP contribution >= 0.6 is 0 Å². The molecular weight excluding hydrogens is 617 g/mol. The maximum absolute atomic E-state index is 13.7. The smallest absolute Gasteiger partial charge is 0.406 e. The second-order valence-corrected chi connectivity index (χ2v) is 14.9. The zero-order chi connectivity index (χ0) is 32.5. The largest absolute Gasteiger partial charge is 0.495 e. The van der Waals surface area contributed by atoms with Gasteiger partial charge in [-0.1, -0.05) is 12.0 Å². The Hall–Kier alpha value is -3.40. The number of fused-ring (bicyclic) bond motifs is 1. The van der Waals surface area contributed by atoms with Gasteiger partial charge in [-0.2, -0.15) is 13.2 Å². The molecule has 248 valence electrons. The molecule has 0 bridgehead atoms. The number of anilines is 2. The second-order valence-electron chi connectivity index (χ2n) is 12.9. The van der Waals surface area contributed by atoms with Gasteiger partial charge in [-0.05, 0) is 74.8 Å². The van der Waals surface area contributed by atoms with Gasteiger partial charge in [-0.3, -0.25) is 4.90 Å². The molecule has 3 aromatic rings. The first-order valence-corrected chi connectivity index (χ1v) is 17.7. The first-order valence-electron chi connectivity index (χ1n) is 15.8. The fourth-order valence-electron chi connectivity index (χ4n) is 7.19. The minimum absolute atomic E-state index is 0.113. The van der Waals surface area contributed by atoms with E-state index in [0.29, 0.717) is 33.8 Å². The first kappa shape index (κ1) is 32.5. The van der Waals surface area contributed by atoms with Crippen molar-refractivity contribution in [1.82, 2.24) is 9.47 Å². The van der Waals surface area contributed by atoms with Crippen molar-refractivity contribution in [3.05, 3.63) is 48.2 Å². The number of sulfone groups is 1. The number of rotatable bonds is 8. The number of nitrogens with one attached hydrogen (secondary N) is 2. The lowest BCUT2D eigenvalue weighted by atomic mass is 9.71. The van der Waals surface area contributed by atoms with E-state index < -0.39 is 22.6 Å². The van der Waals surface area contributed by atoms with Crippen LogP contribution in [0, 0.1) is 17.3 Å². The van der Waals surface area contributed by atoms with E-state index in [1.54, 1.807) is 24.3 Å². The summed E-state index contributed by atoms with van der Waals surface area (Å²) in [5, 5.41) is 7.44. The zero-order valence-electron chi connectivity index (χ0n) is 26.3. The van der Waals surface area contributed by atoms with Gasteiger partial charge in [-0.25, -0.2) is 8.42 Å². The lowest BCUT2D eigenvalue weighted by Crippen LogP contribution is -2.62. The molecule has 0 atom stereocenters. The van der Waals surface area contributed by atoms with Crippen LogP contribution in [-0.4, -0.2) is 82.4 Å². The van der Waals surface area contributed by atoms with Crippen LogP contribution in [0.1, 0.15) is 44.2 Å². The third kappa shape index (κ3) is 7.27. The van der Waals surface area contributed by atoms with Gasteiger partial charge in [0.25, 0.3) is 0 Å². The summed E-state index contributed by atoms with van der Waals surface area (Å²) in [5.41, 5.74) is 2.56. The normalized spacial score (nSPS) is 21.8. The summed E-state index contributed by atoms with van der Waals surface area (Å²) in [7, 11) is -1.98. The number of aromatic nitrogens is 1. The summed E-state index contributed by atoms with van der Waals surface area (Å²) in [6.45, 7) is 3.07. The van der Waals surface area contributed by atoms with Gasteiger partial charge in [0.2, 0.25) is 0 Å². The van der Waals surface area contributed by atoms with E-state index in [1.165, 1.54) is 36.9 Å². The molecule has 1 aromatic heterocycles. The fourth-order valence-corrected chi connectivity index (χ4v) is 7.82. The predicted octanol–water partition coefficient (Wildman–Crippen LogP) is 5.91. The monoisotopic (exact) mass is 658 g/mol. The Morgan fingerprint density at radius 3 is 2.46 bits per heavy atom. The number of methoxy groups -OCH3 is 1. The van der Waals surface area contributed by atoms with Crippen LogP contribution in [0.3, 0.4) is 0 Å². The van der Waals surface area contributed by atoms with E-state index in [-0.39, 0.29) is 23.2 Å². The van der Waals surface area contributed by atoms with Gasteiger partial charge in [0.1, 0.15) is 12.3 Å². The minimum Gasteiger partial charge on any atom is -0.495 e. The van der Waals surface area contributed by atoms with E-state index in [4.69, 9.17) is 9.47 Å². The van der Waals surface area contributed by atoms with Crippen molar-refractivity contribution in [3.63, 3.8) is 0 Å². The van der Waals surface area contributed by atoms with Crippen LogP contribution in [0.15, 0.2) is 47.4 Å². The topological polar surface area (TPSA) is 84.8 Å². The second kappa shape index (κ2) is 13.0. The standard InChI is InChI=1S/C34H41F3N4O4S/c1-44-32-20-27(46(2,42)43)12-13-30(32)38-16-4-5-26-19-28-29(6-3-7-31(28)41(26)23-34(35,36)37)39-24-8-10-25(11-9-24)40-21-33(22-40)14-17-45-18-15-33/h3,6-7,12-13,19-20,24-25,38-39H,8-11,14-18,21-23H2,1-2H3. The molecule has 3 heterocycles. The SMILES string of the molecule is COc1cc(S(C)(=O)=O)ccc1NCC#Cc1cc2c(NC3CCC(N4CC5(CCOCC5)C4)CC3)cccc2n1CC(F)(F)F. The Balaban J connectivity index is 1.14. The number of benzene rings is 2. The molecule has 3 aliphatic rings. The van der Waals surface area contributed by atoms with Gasteiger partial charge in [-0.15, -0.1) is 0 Å². The highest BCUT2D eigenvalue weighted by atomic mass is 32.2. The summed E-state index contributed by atoms with van der Waals surface area (Å²) in [4.78, 5) is 2.76. The van der Waals surface area contributed by atoms with Crippen molar-refractivity contribution in [2.45, 2.75) is 68.2 Å². The number of hydrogen-bond acceptors (Lipinski definition) is 7. The van der Waals surface area contributed by atoms with Crippen LogP contribution in [0.5, 0.6) is 5.75 Å². The number of alkyl halides is 3. The Morgan fingerprint density at radius 2 is 1.78 bits per heavy atom. The minimum atomic E-state index is -4.42. The van der Waals surface area contributed by atoms with Crippen LogP contribution in [0.4, 0.5) is 24.5 Å². The Bertz CT molecular complexity index is 1720. The first-order chi connectivity index (χ1) is 21.9. The van der Waals surface area contributed by atoms with Gasteiger partial charge in [0.05, 0.1) is 35.4 Å². The van der Waals surface area contributed by atoms with Crippen molar-refractivity contribution >= 4 is 32.1 Å². The highest BCUT2D eigenvalue weighted by molar-refractivity contribution is 7.90. The Kier molecular flexibility index (Phi) is 9.20. The molecule has 1 spiro atoms. The zero-order valence-corrected chi connectivity index (χ0v) is 27.1. The van der Waals surface area contributed by atoms with Gasteiger partial charge < -0.3 is 24.7 Å².